The second-order valence-corrected chi connectivity index (χ2v) is 10.1. The fourth-order valence-electron chi connectivity index (χ4n) is 4.00. The highest BCUT2D eigenvalue weighted by atomic mass is 16.5. The third-order valence-corrected chi connectivity index (χ3v) is 6.25. The van der Waals surface area contributed by atoms with Gasteiger partial charge in [-0.25, -0.2) is 0 Å². The number of ether oxygens (including phenoxy) is 2. The number of unbranched alkanes of at least 4 members (excludes halogenated alkanes) is 7. The molecule has 0 saturated carbocycles. The van der Waals surface area contributed by atoms with Gasteiger partial charge in [0.15, 0.2) is 5.78 Å². The molecule has 1 atom stereocenters. The number of carbonyl (C=O) groups is 1. The predicted octanol–water partition coefficient (Wildman–Crippen LogP) is 8.46. The van der Waals surface area contributed by atoms with Crippen molar-refractivity contribution in [2.75, 3.05) is 13.7 Å². The fourth-order valence-corrected chi connectivity index (χ4v) is 4.00. The number of hydrogen-bond donors (Lipinski definition) is 0. The van der Waals surface area contributed by atoms with Crippen molar-refractivity contribution in [2.24, 2.45) is 0 Å². The fraction of sp³-hybridized carbons (Fsp3) is 0.567. The molecular weight excluding hydrogens is 408 g/mol. The first-order valence-corrected chi connectivity index (χ1v) is 12.7. The highest BCUT2D eigenvalue weighted by molar-refractivity contribution is 5.96. The van der Waals surface area contributed by atoms with Gasteiger partial charge >= 0.3 is 0 Å². The van der Waals surface area contributed by atoms with E-state index in [2.05, 4.69) is 39.8 Å². The summed E-state index contributed by atoms with van der Waals surface area (Å²) in [7, 11) is 1.66. The first-order valence-electron chi connectivity index (χ1n) is 12.7. The van der Waals surface area contributed by atoms with Crippen LogP contribution in [0.3, 0.4) is 0 Å². The van der Waals surface area contributed by atoms with Crippen molar-refractivity contribution < 1.29 is 14.3 Å². The monoisotopic (exact) mass is 452 g/mol. The van der Waals surface area contributed by atoms with Gasteiger partial charge in [-0.2, -0.15) is 0 Å². The van der Waals surface area contributed by atoms with E-state index in [0.29, 0.717) is 13.0 Å². The van der Waals surface area contributed by atoms with Crippen LogP contribution in [-0.4, -0.2) is 19.5 Å². The average molecular weight is 453 g/mol. The zero-order valence-electron chi connectivity index (χ0n) is 21.5. The van der Waals surface area contributed by atoms with Crippen LogP contribution < -0.4 is 4.74 Å². The van der Waals surface area contributed by atoms with Crippen LogP contribution in [0, 0.1) is 0 Å². The Morgan fingerprint density at radius 1 is 0.818 bits per heavy atom. The van der Waals surface area contributed by atoms with Gasteiger partial charge in [0.25, 0.3) is 0 Å². The van der Waals surface area contributed by atoms with E-state index in [1.807, 2.05) is 36.4 Å². The van der Waals surface area contributed by atoms with Crippen LogP contribution in [0.1, 0.15) is 113 Å². The van der Waals surface area contributed by atoms with Crippen molar-refractivity contribution in [1.29, 1.82) is 0 Å². The molecule has 3 nitrogen and oxygen atoms in total. The van der Waals surface area contributed by atoms with Gasteiger partial charge in [0, 0.05) is 18.6 Å². The molecule has 0 bridgehead atoms. The van der Waals surface area contributed by atoms with Crippen molar-refractivity contribution in [3.05, 3.63) is 65.2 Å². The third-order valence-electron chi connectivity index (χ3n) is 6.25. The first kappa shape index (κ1) is 27.1. The lowest BCUT2D eigenvalue weighted by Crippen LogP contribution is -2.13. The molecule has 2 rings (SSSR count). The minimum absolute atomic E-state index is 0.0757. The van der Waals surface area contributed by atoms with Crippen molar-refractivity contribution >= 4 is 5.78 Å². The summed E-state index contributed by atoms with van der Waals surface area (Å²) in [6.07, 6.45) is 10.2. The van der Waals surface area contributed by atoms with Gasteiger partial charge in [-0.15, -0.1) is 0 Å². The maximum atomic E-state index is 13.1. The van der Waals surface area contributed by atoms with E-state index in [0.717, 1.165) is 23.3 Å². The Morgan fingerprint density at radius 2 is 1.39 bits per heavy atom. The Hall–Kier alpha value is -2.13. The molecule has 0 N–H and O–H groups in total. The summed E-state index contributed by atoms with van der Waals surface area (Å²) in [5, 5.41) is 0. The minimum atomic E-state index is -0.241. The summed E-state index contributed by atoms with van der Waals surface area (Å²) in [5.41, 5.74) is 3.08. The molecule has 0 amide bonds. The Bertz CT molecular complexity index is 800. The molecule has 0 fully saturated rings. The molecule has 3 heteroatoms. The van der Waals surface area contributed by atoms with Gasteiger partial charge in [-0.3, -0.25) is 4.79 Å². The second-order valence-electron chi connectivity index (χ2n) is 10.1. The number of methoxy groups -OCH3 is 1. The maximum Gasteiger partial charge on any atom is 0.165 e. The molecule has 2 aromatic rings. The molecule has 33 heavy (non-hydrogen) atoms. The summed E-state index contributed by atoms with van der Waals surface area (Å²) >= 11 is 0. The number of ketones is 1. The second kappa shape index (κ2) is 14.2. The Morgan fingerprint density at radius 3 is 1.94 bits per heavy atom. The number of Topliss-reactive ketones (excluding diaryl/α,β-unsaturated/α-hetero) is 1. The lowest BCUT2D eigenvalue weighted by atomic mass is 9.86. The number of rotatable bonds is 15. The molecule has 0 saturated heterocycles. The van der Waals surface area contributed by atoms with Gasteiger partial charge in [-0.05, 0) is 35.1 Å². The molecule has 0 radical (unpaired) electrons. The van der Waals surface area contributed by atoms with Crippen molar-refractivity contribution in [1.82, 2.24) is 0 Å². The van der Waals surface area contributed by atoms with Crippen LogP contribution in [0.15, 0.2) is 48.5 Å². The third kappa shape index (κ3) is 9.71. The molecular formula is C30H44O3. The van der Waals surface area contributed by atoms with E-state index >= 15 is 0 Å². The highest BCUT2D eigenvalue weighted by Crippen LogP contribution is 2.27. The molecule has 0 aliphatic heterocycles. The Kier molecular flexibility index (Phi) is 11.7. The molecule has 1 unspecified atom stereocenters. The van der Waals surface area contributed by atoms with E-state index in [1.54, 1.807) is 7.11 Å². The largest absolute Gasteiger partial charge is 0.497 e. The van der Waals surface area contributed by atoms with Gasteiger partial charge in [-0.1, -0.05) is 109 Å². The molecule has 0 aromatic heterocycles. The zero-order valence-corrected chi connectivity index (χ0v) is 21.5. The van der Waals surface area contributed by atoms with Crippen LogP contribution in [0.4, 0.5) is 0 Å². The molecule has 182 valence electrons. The standard InChI is InChI=1S/C30H44O3/c1-6-7-8-9-10-11-12-13-22-33-29(25-16-20-27(32-5)21-17-25)23-28(31)24-14-18-26(19-15-24)30(2,3)4/h14-21,29H,6-13,22-23H2,1-5H3. The van der Waals surface area contributed by atoms with Crippen molar-refractivity contribution in [2.45, 2.75) is 97.0 Å². The van der Waals surface area contributed by atoms with Crippen molar-refractivity contribution in [3.8, 4) is 5.75 Å². The molecule has 0 heterocycles. The van der Waals surface area contributed by atoms with Crippen LogP contribution in [-0.2, 0) is 10.2 Å². The lowest BCUT2D eigenvalue weighted by molar-refractivity contribution is 0.0412. The smallest absolute Gasteiger partial charge is 0.165 e. The number of carbonyl (C=O) groups excluding carboxylic acids is 1. The predicted molar refractivity (Wildman–Crippen MR) is 138 cm³/mol. The normalized spacial score (nSPS) is 12.5. The Balaban J connectivity index is 1.94. The van der Waals surface area contributed by atoms with Gasteiger partial charge in [0.1, 0.15) is 5.75 Å². The summed E-state index contributed by atoms with van der Waals surface area (Å²) in [6.45, 7) is 9.48. The lowest BCUT2D eigenvalue weighted by Gasteiger charge is -2.20. The van der Waals surface area contributed by atoms with Crippen molar-refractivity contribution in [3.63, 3.8) is 0 Å². The summed E-state index contributed by atoms with van der Waals surface area (Å²) in [4.78, 5) is 13.1. The van der Waals surface area contributed by atoms with E-state index < -0.39 is 0 Å². The van der Waals surface area contributed by atoms with E-state index in [4.69, 9.17) is 9.47 Å². The topological polar surface area (TPSA) is 35.5 Å². The molecule has 0 aliphatic rings. The summed E-state index contributed by atoms with van der Waals surface area (Å²) in [6, 6.07) is 15.9. The van der Waals surface area contributed by atoms with Crippen LogP contribution >= 0.6 is 0 Å². The molecule has 2 aromatic carbocycles. The quantitative estimate of drug-likeness (QED) is 0.201. The van der Waals surface area contributed by atoms with E-state index in [-0.39, 0.29) is 17.3 Å². The highest BCUT2D eigenvalue weighted by Gasteiger charge is 2.19. The average Bonchev–Trinajstić information content (AvgIpc) is 2.81. The van der Waals surface area contributed by atoms with E-state index in [9.17, 15) is 4.79 Å². The SMILES string of the molecule is CCCCCCCCCCOC(CC(=O)c1ccc(C(C)(C)C)cc1)c1ccc(OC)cc1. The summed E-state index contributed by atoms with van der Waals surface area (Å²) < 4.78 is 11.5. The number of hydrogen-bond acceptors (Lipinski definition) is 3. The van der Waals surface area contributed by atoms with Crippen LogP contribution in [0.5, 0.6) is 5.75 Å². The van der Waals surface area contributed by atoms with E-state index in [1.165, 1.54) is 50.5 Å². The molecule has 0 aliphatic carbocycles. The van der Waals surface area contributed by atoms with Gasteiger partial charge < -0.3 is 9.47 Å². The van der Waals surface area contributed by atoms with Gasteiger partial charge in [0.2, 0.25) is 0 Å². The maximum absolute atomic E-state index is 13.1. The minimum Gasteiger partial charge on any atom is -0.497 e. The van der Waals surface area contributed by atoms with Crippen LogP contribution in [0.25, 0.3) is 0 Å². The molecule has 0 spiro atoms. The van der Waals surface area contributed by atoms with Crippen LogP contribution in [0.2, 0.25) is 0 Å². The first-order chi connectivity index (χ1) is 15.8. The zero-order chi connectivity index (χ0) is 24.1. The number of benzene rings is 2. The summed E-state index contributed by atoms with van der Waals surface area (Å²) in [5.74, 6) is 0.928. The van der Waals surface area contributed by atoms with Gasteiger partial charge in [0.05, 0.1) is 13.2 Å². The Labute approximate surface area is 201 Å².